The first kappa shape index (κ1) is 17.8. The molecule has 3 aliphatic heterocycles. The Kier molecular flexibility index (Phi) is 4.44. The van der Waals surface area contributed by atoms with E-state index in [1.165, 1.54) is 19.3 Å². The van der Waals surface area contributed by atoms with Gasteiger partial charge < -0.3 is 15.5 Å². The van der Waals surface area contributed by atoms with Gasteiger partial charge in [0.25, 0.3) is 5.91 Å². The van der Waals surface area contributed by atoms with E-state index in [-0.39, 0.29) is 24.1 Å². The Labute approximate surface area is 164 Å². The zero-order chi connectivity index (χ0) is 19.3. The highest BCUT2D eigenvalue weighted by Crippen LogP contribution is 2.35. The second-order valence-electron chi connectivity index (χ2n) is 8.53. The molecule has 4 aliphatic rings. The van der Waals surface area contributed by atoms with Gasteiger partial charge in [-0.05, 0) is 42.7 Å². The number of benzene rings is 1. The van der Waals surface area contributed by atoms with Crippen LogP contribution in [0.25, 0.3) is 0 Å². The number of fused-ring (bicyclic) bond motifs is 3. The van der Waals surface area contributed by atoms with Crippen molar-refractivity contribution in [3.63, 3.8) is 0 Å². The van der Waals surface area contributed by atoms with Gasteiger partial charge in [0.1, 0.15) is 6.04 Å². The third-order valence-electron chi connectivity index (χ3n) is 6.81. The minimum absolute atomic E-state index is 0.0973. The van der Waals surface area contributed by atoms with Crippen molar-refractivity contribution in [2.45, 2.75) is 63.3 Å². The van der Waals surface area contributed by atoms with E-state index < -0.39 is 6.04 Å². The summed E-state index contributed by atoms with van der Waals surface area (Å²) in [5, 5.41) is 9.57. The number of carbonyl (C=O) groups excluding carboxylic acids is 3. The predicted octanol–water partition coefficient (Wildman–Crippen LogP) is 0.678. The van der Waals surface area contributed by atoms with Gasteiger partial charge in [-0.2, -0.15) is 0 Å². The number of imide groups is 1. The molecule has 148 valence electrons. The van der Waals surface area contributed by atoms with E-state index in [4.69, 9.17) is 0 Å². The fourth-order valence-electron chi connectivity index (χ4n) is 5.40. The maximum absolute atomic E-state index is 13.1. The molecule has 1 aliphatic carbocycles. The van der Waals surface area contributed by atoms with E-state index in [9.17, 15) is 14.4 Å². The van der Waals surface area contributed by atoms with Gasteiger partial charge in [0.15, 0.2) is 0 Å². The van der Waals surface area contributed by atoms with Crippen LogP contribution in [0.4, 0.5) is 0 Å². The number of carbonyl (C=O) groups is 3. The Morgan fingerprint density at radius 1 is 1.14 bits per heavy atom. The average molecular weight is 382 g/mol. The van der Waals surface area contributed by atoms with Crippen molar-refractivity contribution in [3.8, 4) is 0 Å². The molecule has 28 heavy (non-hydrogen) atoms. The first-order valence-electron chi connectivity index (χ1n) is 10.3. The first-order chi connectivity index (χ1) is 13.6. The van der Waals surface area contributed by atoms with E-state index in [1.54, 1.807) is 4.90 Å². The van der Waals surface area contributed by atoms with Crippen molar-refractivity contribution in [1.29, 1.82) is 0 Å². The Morgan fingerprint density at radius 2 is 2.04 bits per heavy atom. The average Bonchev–Trinajstić information content (AvgIpc) is 3.37. The fraction of sp³-hybridized carbons (Fsp3) is 0.571. The van der Waals surface area contributed by atoms with Gasteiger partial charge in [-0.3, -0.25) is 19.7 Å². The molecule has 3 fully saturated rings. The molecule has 3 heterocycles. The quantitative estimate of drug-likeness (QED) is 0.652. The standard InChI is InChI=1S/C21H26N4O3/c26-18-7-6-17(20(27)24-18)25-11-14-3-1-2-13(19(14)21(25)28)9-22-10-16-12-4-5-15(8-12)23-16/h1-3,12,15-17,22-23H,4-11H2,(H,24,26,27)/t12-,15+,16+,17?/m0/s1. The molecule has 2 bridgehead atoms. The van der Waals surface area contributed by atoms with Crippen LogP contribution in [0, 0.1) is 5.92 Å². The molecule has 3 N–H and O–H groups in total. The molecular formula is C21H26N4O3. The second kappa shape index (κ2) is 6.97. The molecule has 0 spiro atoms. The molecule has 7 heteroatoms. The molecule has 5 rings (SSSR count). The largest absolute Gasteiger partial charge is 0.322 e. The van der Waals surface area contributed by atoms with Crippen molar-refractivity contribution in [2.24, 2.45) is 5.92 Å². The van der Waals surface area contributed by atoms with Crippen molar-refractivity contribution in [2.75, 3.05) is 6.54 Å². The Balaban J connectivity index is 1.26. The summed E-state index contributed by atoms with van der Waals surface area (Å²) >= 11 is 0. The summed E-state index contributed by atoms with van der Waals surface area (Å²) < 4.78 is 0. The summed E-state index contributed by atoms with van der Waals surface area (Å²) in [5.41, 5.74) is 2.67. The van der Waals surface area contributed by atoms with Gasteiger partial charge >= 0.3 is 0 Å². The molecule has 0 radical (unpaired) electrons. The predicted molar refractivity (Wildman–Crippen MR) is 102 cm³/mol. The van der Waals surface area contributed by atoms with Crippen LogP contribution in [-0.4, -0.2) is 47.3 Å². The van der Waals surface area contributed by atoms with Crippen molar-refractivity contribution in [3.05, 3.63) is 34.9 Å². The molecule has 1 saturated carbocycles. The number of nitrogens with one attached hydrogen (secondary N) is 3. The lowest BCUT2D eigenvalue weighted by molar-refractivity contribution is -0.136. The summed E-state index contributed by atoms with van der Waals surface area (Å²) in [6.45, 7) is 1.99. The highest BCUT2D eigenvalue weighted by Gasteiger charge is 2.40. The van der Waals surface area contributed by atoms with Crippen molar-refractivity contribution < 1.29 is 14.4 Å². The Morgan fingerprint density at radius 3 is 2.79 bits per heavy atom. The van der Waals surface area contributed by atoms with E-state index in [0.29, 0.717) is 31.6 Å². The topological polar surface area (TPSA) is 90.5 Å². The minimum Gasteiger partial charge on any atom is -0.322 e. The second-order valence-corrected chi connectivity index (χ2v) is 8.53. The molecule has 3 amide bonds. The van der Waals surface area contributed by atoms with Gasteiger partial charge in [-0.1, -0.05) is 18.2 Å². The summed E-state index contributed by atoms with van der Waals surface area (Å²) in [7, 11) is 0. The number of nitrogens with zero attached hydrogens (tertiary/aromatic N) is 1. The van der Waals surface area contributed by atoms with Gasteiger partial charge in [0.2, 0.25) is 11.8 Å². The smallest absolute Gasteiger partial charge is 0.255 e. The number of rotatable bonds is 5. The lowest BCUT2D eigenvalue weighted by Crippen LogP contribution is -2.52. The molecule has 4 atom stereocenters. The van der Waals surface area contributed by atoms with E-state index >= 15 is 0 Å². The number of piperidine rings is 2. The highest BCUT2D eigenvalue weighted by atomic mass is 16.2. The molecule has 1 aromatic rings. The van der Waals surface area contributed by atoms with Gasteiger partial charge in [-0.25, -0.2) is 0 Å². The van der Waals surface area contributed by atoms with Crippen molar-refractivity contribution in [1.82, 2.24) is 20.9 Å². The van der Waals surface area contributed by atoms with Crippen LogP contribution in [-0.2, 0) is 22.7 Å². The van der Waals surface area contributed by atoms with Crippen LogP contribution >= 0.6 is 0 Å². The van der Waals surface area contributed by atoms with E-state index in [0.717, 1.165) is 29.2 Å². The van der Waals surface area contributed by atoms with Gasteiger partial charge in [-0.15, -0.1) is 0 Å². The summed E-state index contributed by atoms with van der Waals surface area (Å²) in [6.07, 6.45) is 4.60. The van der Waals surface area contributed by atoms with Crippen molar-refractivity contribution >= 4 is 17.7 Å². The highest BCUT2D eigenvalue weighted by molar-refractivity contribution is 6.05. The normalized spacial score (nSPS) is 31.4. The fourth-order valence-corrected chi connectivity index (χ4v) is 5.40. The molecule has 0 aromatic heterocycles. The maximum Gasteiger partial charge on any atom is 0.255 e. The van der Waals surface area contributed by atoms with Crippen LogP contribution in [0.15, 0.2) is 18.2 Å². The molecule has 1 unspecified atom stereocenters. The number of hydrogen-bond donors (Lipinski definition) is 3. The van der Waals surface area contributed by atoms with Crippen LogP contribution < -0.4 is 16.0 Å². The molecule has 7 nitrogen and oxygen atoms in total. The first-order valence-corrected chi connectivity index (χ1v) is 10.3. The maximum atomic E-state index is 13.1. The van der Waals surface area contributed by atoms with Crippen LogP contribution in [0.2, 0.25) is 0 Å². The zero-order valence-corrected chi connectivity index (χ0v) is 15.9. The van der Waals surface area contributed by atoms with Crippen LogP contribution in [0.1, 0.15) is 53.6 Å². The third kappa shape index (κ3) is 3.02. The SMILES string of the molecule is O=C1CCC(N2Cc3cccc(CNC[C@H]4N[C@@H]5CC[C@H]4C5)c3C2=O)C(=O)N1. The molecule has 2 saturated heterocycles. The third-order valence-corrected chi connectivity index (χ3v) is 6.81. The van der Waals surface area contributed by atoms with E-state index in [1.807, 2.05) is 18.2 Å². The summed E-state index contributed by atoms with van der Waals surface area (Å²) in [4.78, 5) is 38.3. The molecular weight excluding hydrogens is 356 g/mol. The Hall–Kier alpha value is -2.25. The number of amides is 3. The van der Waals surface area contributed by atoms with E-state index in [2.05, 4.69) is 16.0 Å². The summed E-state index contributed by atoms with van der Waals surface area (Å²) in [6, 6.07) is 6.60. The minimum atomic E-state index is -0.559. The lowest BCUT2D eigenvalue weighted by atomic mass is 9.99. The summed E-state index contributed by atoms with van der Waals surface area (Å²) in [5.74, 6) is 0.0625. The number of hydrogen-bond acceptors (Lipinski definition) is 5. The van der Waals surface area contributed by atoms with Crippen LogP contribution in [0.5, 0.6) is 0 Å². The van der Waals surface area contributed by atoms with Gasteiger partial charge in [0.05, 0.1) is 0 Å². The Bertz CT molecular complexity index is 839. The molecule has 1 aromatic carbocycles. The lowest BCUT2D eigenvalue weighted by Gasteiger charge is -2.29. The van der Waals surface area contributed by atoms with Gasteiger partial charge in [0, 0.05) is 43.7 Å². The van der Waals surface area contributed by atoms with Crippen LogP contribution in [0.3, 0.4) is 0 Å². The zero-order valence-electron chi connectivity index (χ0n) is 15.9. The monoisotopic (exact) mass is 382 g/mol.